The molecule has 1 rings (SSSR count). The Morgan fingerprint density at radius 3 is 1.73 bits per heavy atom. The third kappa shape index (κ3) is 8.71. The summed E-state index contributed by atoms with van der Waals surface area (Å²) < 4.78 is 27.0. The van der Waals surface area contributed by atoms with Crippen molar-refractivity contribution in [2.75, 3.05) is 6.61 Å². The highest BCUT2D eigenvalue weighted by molar-refractivity contribution is 5.77. The lowest BCUT2D eigenvalue weighted by Gasteiger charge is -2.35. The molecular formula is C20H26N2O11. The molecule has 0 saturated carbocycles. The maximum atomic E-state index is 12.0. The summed E-state index contributed by atoms with van der Waals surface area (Å²) >= 11 is 0. The van der Waals surface area contributed by atoms with Gasteiger partial charge in [-0.3, -0.25) is 33.3 Å². The second-order valence-corrected chi connectivity index (χ2v) is 6.84. The second-order valence-electron chi connectivity index (χ2n) is 6.84. The van der Waals surface area contributed by atoms with Gasteiger partial charge in [-0.1, -0.05) is 0 Å². The zero-order valence-corrected chi connectivity index (χ0v) is 19.1. The van der Waals surface area contributed by atoms with Gasteiger partial charge in [-0.2, -0.15) is 0 Å². The summed E-state index contributed by atoms with van der Waals surface area (Å²) in [5.41, 5.74) is -0.0184. The van der Waals surface area contributed by atoms with Crippen molar-refractivity contribution in [2.24, 2.45) is 0 Å². The van der Waals surface area contributed by atoms with Crippen LogP contribution >= 0.6 is 0 Å². The van der Waals surface area contributed by atoms with E-state index in [1.54, 1.807) is 0 Å². The lowest BCUT2D eigenvalue weighted by atomic mass is 9.99. The lowest BCUT2D eigenvalue weighted by Crippen LogP contribution is -2.50. The van der Waals surface area contributed by atoms with Crippen molar-refractivity contribution >= 4 is 35.8 Å². The molecule has 0 radical (unpaired) electrons. The molecule has 0 bridgehead atoms. The number of esters is 5. The molecule has 0 aliphatic carbocycles. The van der Waals surface area contributed by atoms with Gasteiger partial charge in [-0.05, 0) is 0 Å². The van der Waals surface area contributed by atoms with E-state index in [0.717, 1.165) is 45.5 Å². The summed E-state index contributed by atoms with van der Waals surface area (Å²) in [7, 11) is 0. The number of aromatic nitrogens is 2. The fraction of sp³-hybridized carbons (Fsp3) is 0.550. The minimum absolute atomic E-state index is 0.0184. The topological polar surface area (TPSA) is 166 Å². The van der Waals surface area contributed by atoms with Gasteiger partial charge in [0, 0.05) is 41.5 Å². The first-order valence-electron chi connectivity index (χ1n) is 9.68. The zero-order valence-electron chi connectivity index (χ0n) is 19.1. The third-order valence-electron chi connectivity index (χ3n) is 3.95. The predicted octanol–water partition coefficient (Wildman–Crippen LogP) is 0.506. The third-order valence-corrected chi connectivity index (χ3v) is 3.95. The Hall–Kier alpha value is -3.77. The van der Waals surface area contributed by atoms with Crippen LogP contribution in [0.5, 0.6) is 0 Å². The minimum atomic E-state index is -1.63. The van der Waals surface area contributed by atoms with E-state index in [1.165, 1.54) is 13.1 Å². The molecule has 0 unspecified atom stereocenters. The molecule has 1 heterocycles. The molecule has 0 spiro atoms. The molecule has 0 saturated heterocycles. The van der Waals surface area contributed by atoms with E-state index < -0.39 is 66.8 Å². The van der Waals surface area contributed by atoms with Crippen LogP contribution in [0.1, 0.15) is 58.1 Å². The van der Waals surface area contributed by atoms with Crippen molar-refractivity contribution in [3.63, 3.8) is 0 Å². The number of carbonyl (C=O) groups is 6. The van der Waals surface area contributed by atoms with E-state index in [0.29, 0.717) is 0 Å². The summed E-state index contributed by atoms with van der Waals surface area (Å²) in [6, 6.07) is 0. The fourth-order valence-corrected chi connectivity index (χ4v) is 2.90. The van der Waals surface area contributed by atoms with Gasteiger partial charge < -0.3 is 23.7 Å². The Bertz CT molecular complexity index is 908. The average Bonchev–Trinajstić information content (AvgIpc) is 3.15. The number of hydrogen-bond donors (Lipinski definition) is 0. The van der Waals surface area contributed by atoms with Crippen molar-refractivity contribution in [1.29, 1.82) is 0 Å². The van der Waals surface area contributed by atoms with E-state index in [2.05, 4.69) is 4.98 Å². The summed E-state index contributed by atoms with van der Waals surface area (Å²) in [6.45, 7) is 5.93. The zero-order chi connectivity index (χ0) is 25.3. The van der Waals surface area contributed by atoms with E-state index in [1.807, 2.05) is 0 Å². The van der Waals surface area contributed by atoms with Crippen molar-refractivity contribution in [3.05, 3.63) is 18.2 Å². The Kier molecular flexibility index (Phi) is 10.2. The predicted molar refractivity (Wildman–Crippen MR) is 106 cm³/mol. The SMILES string of the molecule is CC(=O)OC[C@@H](OC(C)=O)[C@@H](OC(C)=O)[C@@H](OC(C)=O)[C@@H](OC(C)=O)c1cncn1C(C)=O. The Labute approximate surface area is 189 Å². The van der Waals surface area contributed by atoms with Crippen LogP contribution in [0.4, 0.5) is 0 Å². The molecule has 4 atom stereocenters. The van der Waals surface area contributed by atoms with Crippen LogP contribution < -0.4 is 0 Å². The molecule has 0 aromatic carbocycles. The van der Waals surface area contributed by atoms with Crippen LogP contribution in [-0.2, 0) is 47.7 Å². The van der Waals surface area contributed by atoms with Gasteiger partial charge in [0.25, 0.3) is 0 Å². The van der Waals surface area contributed by atoms with Crippen molar-refractivity contribution in [3.8, 4) is 0 Å². The van der Waals surface area contributed by atoms with Gasteiger partial charge in [-0.15, -0.1) is 0 Å². The van der Waals surface area contributed by atoms with Crippen molar-refractivity contribution in [2.45, 2.75) is 66.0 Å². The average molecular weight is 470 g/mol. The fourth-order valence-electron chi connectivity index (χ4n) is 2.90. The van der Waals surface area contributed by atoms with Crippen molar-refractivity contribution < 1.29 is 52.5 Å². The molecule has 13 nitrogen and oxygen atoms in total. The van der Waals surface area contributed by atoms with E-state index in [9.17, 15) is 28.8 Å². The Morgan fingerprint density at radius 1 is 0.758 bits per heavy atom. The first-order valence-corrected chi connectivity index (χ1v) is 9.68. The molecule has 0 aliphatic heterocycles. The van der Waals surface area contributed by atoms with Crippen LogP contribution in [0.2, 0.25) is 0 Å². The van der Waals surface area contributed by atoms with Gasteiger partial charge >= 0.3 is 29.8 Å². The quantitative estimate of drug-likeness (QED) is 0.344. The molecule has 0 aliphatic rings. The largest absolute Gasteiger partial charge is 0.462 e. The standard InChI is InChI=1S/C20H26N2O11/c1-10(23)22-9-21-7-16(22)18(31-13(4)26)20(33-15(6)28)19(32-14(5)27)17(30-12(3)25)8-29-11(2)24/h7,9,17-20H,8H2,1-6H3/t17-,18+,19-,20+/m1/s1. The first kappa shape index (κ1) is 27.3. The summed E-state index contributed by atoms with van der Waals surface area (Å²) in [6.07, 6.45) is -3.92. The molecule has 33 heavy (non-hydrogen) atoms. The smallest absolute Gasteiger partial charge is 0.303 e. The highest BCUT2D eigenvalue weighted by Gasteiger charge is 2.45. The molecule has 0 fully saturated rings. The van der Waals surface area contributed by atoms with Crippen LogP contribution in [0.25, 0.3) is 0 Å². The minimum Gasteiger partial charge on any atom is -0.462 e. The number of hydrogen-bond acceptors (Lipinski definition) is 12. The molecule has 0 amide bonds. The van der Waals surface area contributed by atoms with Crippen LogP contribution in [-0.4, -0.2) is 70.2 Å². The molecule has 182 valence electrons. The summed E-state index contributed by atoms with van der Waals surface area (Å²) in [5.74, 6) is -4.66. The van der Waals surface area contributed by atoms with Gasteiger partial charge in [-0.25, -0.2) is 4.98 Å². The maximum absolute atomic E-state index is 12.0. The number of nitrogens with zero attached hydrogens (tertiary/aromatic N) is 2. The van der Waals surface area contributed by atoms with Crippen molar-refractivity contribution in [1.82, 2.24) is 9.55 Å². The van der Waals surface area contributed by atoms with Gasteiger partial charge in [0.1, 0.15) is 12.9 Å². The molecule has 13 heteroatoms. The molecule has 1 aromatic rings. The number of carbonyl (C=O) groups excluding carboxylic acids is 6. The van der Waals surface area contributed by atoms with Gasteiger partial charge in [0.05, 0.1) is 11.9 Å². The van der Waals surface area contributed by atoms with Gasteiger partial charge in [0.2, 0.25) is 5.91 Å². The normalized spacial score (nSPS) is 14.1. The first-order chi connectivity index (χ1) is 15.3. The monoisotopic (exact) mass is 470 g/mol. The van der Waals surface area contributed by atoms with Gasteiger partial charge in [0.15, 0.2) is 24.4 Å². The van der Waals surface area contributed by atoms with E-state index in [-0.39, 0.29) is 5.69 Å². The highest BCUT2D eigenvalue weighted by atomic mass is 16.6. The second kappa shape index (κ2) is 12.3. The number of imidazole rings is 1. The maximum Gasteiger partial charge on any atom is 0.303 e. The molecule has 1 aromatic heterocycles. The summed E-state index contributed by atoms with van der Waals surface area (Å²) in [4.78, 5) is 74.6. The number of rotatable bonds is 10. The molecule has 0 N–H and O–H groups in total. The Balaban J connectivity index is 3.67. The summed E-state index contributed by atoms with van der Waals surface area (Å²) in [5, 5.41) is 0. The van der Waals surface area contributed by atoms with E-state index >= 15 is 0 Å². The Morgan fingerprint density at radius 2 is 1.27 bits per heavy atom. The lowest BCUT2D eigenvalue weighted by molar-refractivity contribution is -0.203. The van der Waals surface area contributed by atoms with Crippen LogP contribution in [0.3, 0.4) is 0 Å². The van der Waals surface area contributed by atoms with Crippen LogP contribution in [0.15, 0.2) is 12.5 Å². The van der Waals surface area contributed by atoms with E-state index in [4.69, 9.17) is 23.7 Å². The van der Waals surface area contributed by atoms with Crippen LogP contribution in [0, 0.1) is 0 Å². The highest BCUT2D eigenvalue weighted by Crippen LogP contribution is 2.30. The number of ether oxygens (including phenoxy) is 5. The molecular weight excluding hydrogens is 444 g/mol.